The molecule has 0 spiro atoms. The number of nitrogens with one attached hydrogen (secondary N) is 1. The average Bonchev–Trinajstić information content (AvgIpc) is 3.37. The van der Waals surface area contributed by atoms with Crippen LogP contribution in [-0.2, 0) is 12.7 Å². The van der Waals surface area contributed by atoms with E-state index in [4.69, 9.17) is 4.74 Å². The first-order valence-corrected chi connectivity index (χ1v) is 12.1. The van der Waals surface area contributed by atoms with Crippen LogP contribution in [0.5, 0.6) is 5.75 Å². The van der Waals surface area contributed by atoms with Gasteiger partial charge in [0.05, 0.1) is 24.9 Å². The zero-order chi connectivity index (χ0) is 25.4. The van der Waals surface area contributed by atoms with Crippen LogP contribution in [0.4, 0.5) is 18.9 Å². The van der Waals surface area contributed by atoms with Crippen LogP contribution >= 0.6 is 0 Å². The summed E-state index contributed by atoms with van der Waals surface area (Å²) in [6, 6.07) is 7.93. The van der Waals surface area contributed by atoms with Crippen molar-refractivity contribution in [1.82, 2.24) is 24.6 Å². The molecular weight excluding hydrogens is 473 g/mol. The number of pyridine rings is 1. The minimum Gasteiger partial charge on any atom is -0.494 e. The molecule has 8 nitrogen and oxygen atoms in total. The standard InChI is InChI=1S/C25H29F3N6O2/c1-3-34-17-7-8-18(34)15-32(14-17)9-10-33-13-16-11-21(22(36-2)12-20(16)31-33)30-24(35)19-5-4-6-23(29-19)25(26,27)28/h4-6,11-13,17-18H,3,7-10,14-15H2,1-2H3,(H,30,35). The van der Waals surface area contributed by atoms with E-state index >= 15 is 0 Å². The molecule has 1 amide bonds. The first-order chi connectivity index (χ1) is 17.2. The molecule has 11 heteroatoms. The van der Waals surface area contributed by atoms with Crippen LogP contribution in [0.3, 0.4) is 0 Å². The number of anilines is 1. The third-order valence-corrected chi connectivity index (χ3v) is 7.11. The summed E-state index contributed by atoms with van der Waals surface area (Å²) < 4.78 is 46.2. The average molecular weight is 503 g/mol. The quantitative estimate of drug-likeness (QED) is 0.529. The highest BCUT2D eigenvalue weighted by atomic mass is 19.4. The highest BCUT2D eigenvalue weighted by molar-refractivity contribution is 6.05. The Kier molecular flexibility index (Phi) is 6.60. The number of carbonyl (C=O) groups is 1. The van der Waals surface area contributed by atoms with Gasteiger partial charge in [0, 0.05) is 49.4 Å². The first kappa shape index (κ1) is 24.5. The summed E-state index contributed by atoms with van der Waals surface area (Å²) in [6.07, 6.45) is -0.190. The van der Waals surface area contributed by atoms with Crippen molar-refractivity contribution in [2.45, 2.75) is 44.6 Å². The second kappa shape index (κ2) is 9.70. The lowest BCUT2D eigenvalue weighted by molar-refractivity contribution is -0.141. The molecule has 0 radical (unpaired) electrons. The minimum absolute atomic E-state index is 0.334. The number of alkyl halides is 3. The summed E-state index contributed by atoms with van der Waals surface area (Å²) in [6.45, 7) is 7.14. The van der Waals surface area contributed by atoms with E-state index in [-0.39, 0.29) is 5.69 Å². The number of amides is 1. The largest absolute Gasteiger partial charge is 0.494 e. The molecule has 2 atom stereocenters. The molecule has 0 saturated carbocycles. The van der Waals surface area contributed by atoms with E-state index in [0.29, 0.717) is 29.0 Å². The van der Waals surface area contributed by atoms with Crippen molar-refractivity contribution in [3.05, 3.63) is 47.9 Å². The van der Waals surface area contributed by atoms with E-state index in [1.165, 1.54) is 26.0 Å². The maximum absolute atomic E-state index is 13.0. The predicted octanol–water partition coefficient (Wildman–Crippen LogP) is 3.88. The van der Waals surface area contributed by atoms with Gasteiger partial charge in [-0.25, -0.2) is 4.98 Å². The van der Waals surface area contributed by atoms with Gasteiger partial charge in [0.15, 0.2) is 0 Å². The SMILES string of the molecule is CCN1C2CCC1CN(CCn1cc3cc(NC(=O)c4cccc(C(F)(F)F)n4)c(OC)cc3n1)C2. The lowest BCUT2D eigenvalue weighted by atomic mass is 10.2. The number of nitrogens with zero attached hydrogens (tertiary/aromatic N) is 5. The monoisotopic (exact) mass is 502 g/mol. The molecule has 5 rings (SSSR count). The van der Waals surface area contributed by atoms with E-state index in [9.17, 15) is 18.0 Å². The van der Waals surface area contributed by atoms with Crippen LogP contribution in [0.15, 0.2) is 36.5 Å². The Bertz CT molecular complexity index is 1250. The van der Waals surface area contributed by atoms with Gasteiger partial charge in [0.25, 0.3) is 5.91 Å². The first-order valence-electron chi connectivity index (χ1n) is 12.1. The Balaban J connectivity index is 1.29. The molecular formula is C25H29F3N6O2. The Morgan fingerprint density at radius 3 is 2.58 bits per heavy atom. The van der Waals surface area contributed by atoms with Gasteiger partial charge in [-0.2, -0.15) is 18.3 Å². The molecule has 2 aliphatic rings. The van der Waals surface area contributed by atoms with Gasteiger partial charge in [-0.1, -0.05) is 13.0 Å². The van der Waals surface area contributed by atoms with E-state index < -0.39 is 17.8 Å². The number of piperazine rings is 1. The molecule has 0 aliphatic carbocycles. The molecule has 2 aromatic heterocycles. The van der Waals surface area contributed by atoms with Crippen LogP contribution in [0.1, 0.15) is 35.9 Å². The topological polar surface area (TPSA) is 75.5 Å². The Hall–Kier alpha value is -3.18. The van der Waals surface area contributed by atoms with Crippen LogP contribution in [-0.4, -0.2) is 75.8 Å². The van der Waals surface area contributed by atoms with Gasteiger partial charge in [-0.05, 0) is 37.6 Å². The van der Waals surface area contributed by atoms with Crippen LogP contribution in [0.2, 0.25) is 0 Å². The van der Waals surface area contributed by atoms with Gasteiger partial charge in [-0.3, -0.25) is 19.3 Å². The van der Waals surface area contributed by atoms with E-state index in [2.05, 4.69) is 32.1 Å². The second-order valence-electron chi connectivity index (χ2n) is 9.34. The van der Waals surface area contributed by atoms with Gasteiger partial charge in [-0.15, -0.1) is 0 Å². The number of hydrogen-bond donors (Lipinski definition) is 1. The minimum atomic E-state index is -4.63. The van der Waals surface area contributed by atoms with Crippen LogP contribution < -0.4 is 10.1 Å². The van der Waals surface area contributed by atoms with E-state index in [1.54, 1.807) is 12.1 Å². The van der Waals surface area contributed by atoms with Gasteiger partial charge >= 0.3 is 6.18 Å². The summed E-state index contributed by atoms with van der Waals surface area (Å²) in [7, 11) is 1.46. The molecule has 1 N–H and O–H groups in total. The highest BCUT2D eigenvalue weighted by Crippen LogP contribution is 2.32. The van der Waals surface area contributed by atoms with Gasteiger partial charge < -0.3 is 10.1 Å². The van der Waals surface area contributed by atoms with Crippen LogP contribution in [0.25, 0.3) is 10.9 Å². The summed E-state index contributed by atoms with van der Waals surface area (Å²) >= 11 is 0. The molecule has 4 heterocycles. The normalized spacial score (nSPS) is 20.7. The highest BCUT2D eigenvalue weighted by Gasteiger charge is 2.38. The molecule has 1 aromatic carbocycles. The lowest BCUT2D eigenvalue weighted by Crippen LogP contribution is -2.53. The maximum atomic E-state index is 13.0. The van der Waals surface area contributed by atoms with E-state index in [1.807, 2.05) is 10.9 Å². The summed E-state index contributed by atoms with van der Waals surface area (Å²) in [5.41, 5.74) is -0.415. The van der Waals surface area contributed by atoms with Crippen molar-refractivity contribution in [2.75, 3.05) is 38.6 Å². The molecule has 36 heavy (non-hydrogen) atoms. The van der Waals surface area contributed by atoms with Gasteiger partial charge in [0.2, 0.25) is 0 Å². The maximum Gasteiger partial charge on any atom is 0.433 e. The summed E-state index contributed by atoms with van der Waals surface area (Å²) in [5.74, 6) is -0.396. The fourth-order valence-corrected chi connectivity index (χ4v) is 5.41. The van der Waals surface area contributed by atoms with E-state index in [0.717, 1.165) is 50.2 Å². The number of likely N-dealkylation sites (N-methyl/N-ethyl adjacent to an activating group) is 1. The third-order valence-electron chi connectivity index (χ3n) is 7.11. The Morgan fingerprint density at radius 2 is 1.92 bits per heavy atom. The molecule has 2 unspecified atom stereocenters. The van der Waals surface area contributed by atoms with Crippen molar-refractivity contribution in [3.8, 4) is 5.75 Å². The predicted molar refractivity (Wildman–Crippen MR) is 129 cm³/mol. The van der Waals surface area contributed by atoms with Crippen molar-refractivity contribution in [1.29, 1.82) is 0 Å². The number of carbonyl (C=O) groups excluding carboxylic acids is 1. The molecule has 192 valence electrons. The Morgan fingerprint density at radius 1 is 1.17 bits per heavy atom. The smallest absolute Gasteiger partial charge is 0.433 e. The summed E-state index contributed by atoms with van der Waals surface area (Å²) in [5, 5.41) is 8.07. The molecule has 2 bridgehead atoms. The van der Waals surface area contributed by atoms with Gasteiger partial charge in [0.1, 0.15) is 17.1 Å². The van der Waals surface area contributed by atoms with Crippen molar-refractivity contribution in [3.63, 3.8) is 0 Å². The summed E-state index contributed by atoms with van der Waals surface area (Å²) in [4.78, 5) is 21.2. The number of benzene rings is 1. The number of halogens is 3. The van der Waals surface area contributed by atoms with Crippen molar-refractivity contribution in [2.24, 2.45) is 0 Å². The Labute approximate surface area is 207 Å². The number of hydrogen-bond acceptors (Lipinski definition) is 6. The van der Waals surface area contributed by atoms with Crippen molar-refractivity contribution < 1.29 is 22.7 Å². The molecule has 2 fully saturated rings. The lowest BCUT2D eigenvalue weighted by Gasteiger charge is -2.40. The molecule has 2 aliphatic heterocycles. The zero-order valence-corrected chi connectivity index (χ0v) is 20.3. The van der Waals surface area contributed by atoms with Crippen LogP contribution in [0, 0.1) is 0 Å². The fourth-order valence-electron chi connectivity index (χ4n) is 5.41. The van der Waals surface area contributed by atoms with Crippen molar-refractivity contribution >= 4 is 22.5 Å². The fraction of sp³-hybridized carbons (Fsp3) is 0.480. The number of aromatic nitrogens is 3. The number of rotatable bonds is 7. The third kappa shape index (κ3) is 4.90. The molecule has 3 aromatic rings. The molecule has 2 saturated heterocycles. The zero-order valence-electron chi connectivity index (χ0n) is 20.3. The number of ether oxygens (including phenoxy) is 1. The number of fused-ring (bicyclic) bond motifs is 3. The number of likely N-dealkylation sites (tertiary alicyclic amines) is 1. The second-order valence-corrected chi connectivity index (χ2v) is 9.34. The number of methoxy groups -OCH3 is 1.